The number of hydrogen-bond acceptors (Lipinski definition) is 11. The fourth-order valence-electron chi connectivity index (χ4n) is 3.10. The van der Waals surface area contributed by atoms with Gasteiger partial charge in [0.25, 0.3) is 5.88 Å². The Kier molecular flexibility index (Phi) is 5.05. The van der Waals surface area contributed by atoms with Crippen LogP contribution in [0, 0.1) is 12.3 Å². The maximum atomic E-state index is 5.85. The molecule has 0 radical (unpaired) electrons. The standard InChI is InChI=1S/C20H21N7O5/c1-12-6-14(26-32-12)18-24-22-16-7-15(28-3)19(25-27(16)18)30-8-13-4-5-17(23-21-13)31-11-20(2)9-29-10-20/h4-7H,8-11H2,1-3H3. The highest BCUT2D eigenvalue weighted by atomic mass is 16.5. The van der Waals surface area contributed by atoms with Gasteiger partial charge < -0.3 is 23.5 Å². The van der Waals surface area contributed by atoms with Gasteiger partial charge in [0, 0.05) is 23.6 Å². The van der Waals surface area contributed by atoms with Gasteiger partial charge in [-0.15, -0.1) is 25.5 Å². The average molecular weight is 439 g/mol. The zero-order valence-electron chi connectivity index (χ0n) is 17.8. The SMILES string of the molecule is COc1cc2nnc(-c3cc(C)on3)n2nc1OCc1ccc(OCC2(C)COC2)nn1. The van der Waals surface area contributed by atoms with E-state index in [4.69, 9.17) is 23.5 Å². The van der Waals surface area contributed by atoms with Gasteiger partial charge in [-0.1, -0.05) is 12.1 Å². The summed E-state index contributed by atoms with van der Waals surface area (Å²) in [4.78, 5) is 0. The van der Waals surface area contributed by atoms with Gasteiger partial charge in [-0.05, 0) is 13.0 Å². The largest absolute Gasteiger partial charge is 0.491 e. The lowest BCUT2D eigenvalue weighted by Crippen LogP contribution is -2.44. The van der Waals surface area contributed by atoms with Gasteiger partial charge in [0.05, 0.1) is 26.9 Å². The van der Waals surface area contributed by atoms with E-state index in [9.17, 15) is 0 Å². The highest BCUT2D eigenvalue weighted by molar-refractivity contribution is 5.56. The molecule has 5 rings (SSSR count). The third kappa shape index (κ3) is 3.91. The molecule has 1 aliphatic rings. The molecule has 0 aromatic carbocycles. The van der Waals surface area contributed by atoms with Crippen LogP contribution >= 0.6 is 0 Å². The van der Waals surface area contributed by atoms with E-state index in [0.29, 0.717) is 60.1 Å². The topological polar surface area (TPSA) is 132 Å². The normalized spacial score (nSPS) is 14.8. The quantitative estimate of drug-likeness (QED) is 0.398. The van der Waals surface area contributed by atoms with Crippen LogP contribution < -0.4 is 14.2 Å². The van der Waals surface area contributed by atoms with Crippen molar-refractivity contribution in [1.82, 2.24) is 35.2 Å². The predicted molar refractivity (Wildman–Crippen MR) is 108 cm³/mol. The number of hydrogen-bond donors (Lipinski definition) is 0. The molecular formula is C20H21N7O5. The van der Waals surface area contributed by atoms with Crippen molar-refractivity contribution >= 4 is 5.65 Å². The van der Waals surface area contributed by atoms with Crippen LogP contribution in [0.2, 0.25) is 0 Å². The Bertz CT molecular complexity index is 1230. The number of aryl methyl sites for hydroxylation is 1. The lowest BCUT2D eigenvalue weighted by Gasteiger charge is -2.37. The van der Waals surface area contributed by atoms with E-state index < -0.39 is 0 Å². The summed E-state index contributed by atoms with van der Waals surface area (Å²) >= 11 is 0. The molecule has 0 bridgehead atoms. The van der Waals surface area contributed by atoms with Crippen molar-refractivity contribution in [3.05, 3.63) is 35.7 Å². The van der Waals surface area contributed by atoms with Crippen LogP contribution in [0.25, 0.3) is 17.2 Å². The molecule has 0 N–H and O–H groups in total. The number of aromatic nitrogens is 7. The molecule has 5 heterocycles. The van der Waals surface area contributed by atoms with E-state index in [1.165, 1.54) is 11.6 Å². The maximum absolute atomic E-state index is 5.85. The zero-order chi connectivity index (χ0) is 22.1. The molecule has 0 amide bonds. The van der Waals surface area contributed by atoms with Crippen LogP contribution in [0.1, 0.15) is 18.4 Å². The van der Waals surface area contributed by atoms with Crippen molar-refractivity contribution in [2.75, 3.05) is 26.9 Å². The minimum absolute atomic E-state index is 0.0377. The summed E-state index contributed by atoms with van der Waals surface area (Å²) in [5.41, 5.74) is 1.64. The second kappa shape index (κ2) is 8.04. The van der Waals surface area contributed by atoms with Gasteiger partial charge in [-0.3, -0.25) is 0 Å². The summed E-state index contributed by atoms with van der Waals surface area (Å²) in [6.07, 6.45) is 0. The monoisotopic (exact) mass is 439 g/mol. The van der Waals surface area contributed by atoms with Gasteiger partial charge in [0.1, 0.15) is 18.1 Å². The van der Waals surface area contributed by atoms with Crippen LogP contribution in [0.15, 0.2) is 28.8 Å². The molecule has 4 aromatic heterocycles. The van der Waals surface area contributed by atoms with Crippen molar-refractivity contribution in [2.24, 2.45) is 5.41 Å². The third-order valence-electron chi connectivity index (χ3n) is 4.93. The molecule has 0 unspecified atom stereocenters. The lowest BCUT2D eigenvalue weighted by atomic mass is 9.90. The summed E-state index contributed by atoms with van der Waals surface area (Å²) in [7, 11) is 1.53. The van der Waals surface area contributed by atoms with Crippen molar-refractivity contribution in [3.8, 4) is 29.0 Å². The Balaban J connectivity index is 1.31. The molecule has 166 valence electrons. The Morgan fingerprint density at radius 2 is 1.97 bits per heavy atom. The first kappa shape index (κ1) is 20.1. The van der Waals surface area contributed by atoms with Gasteiger partial charge in [0.15, 0.2) is 17.1 Å². The molecule has 1 saturated heterocycles. The molecule has 1 fully saturated rings. The third-order valence-corrected chi connectivity index (χ3v) is 4.93. The number of fused-ring (bicyclic) bond motifs is 1. The Morgan fingerprint density at radius 3 is 2.62 bits per heavy atom. The molecule has 0 aliphatic carbocycles. The first-order valence-corrected chi connectivity index (χ1v) is 9.93. The fourth-order valence-corrected chi connectivity index (χ4v) is 3.10. The zero-order valence-corrected chi connectivity index (χ0v) is 17.8. The molecule has 1 aliphatic heterocycles. The van der Waals surface area contributed by atoms with Crippen LogP contribution in [-0.4, -0.2) is 62.1 Å². The summed E-state index contributed by atoms with van der Waals surface area (Å²) in [5, 5.41) is 25.0. The van der Waals surface area contributed by atoms with Crippen LogP contribution in [0.3, 0.4) is 0 Å². The number of rotatable bonds is 8. The average Bonchev–Trinajstić information content (AvgIpc) is 3.40. The van der Waals surface area contributed by atoms with E-state index in [-0.39, 0.29) is 17.9 Å². The van der Waals surface area contributed by atoms with Crippen LogP contribution in [0.4, 0.5) is 0 Å². The smallest absolute Gasteiger partial charge is 0.275 e. The first-order valence-electron chi connectivity index (χ1n) is 9.93. The minimum Gasteiger partial charge on any atom is -0.491 e. The Labute approximate surface area is 182 Å². The summed E-state index contributed by atoms with van der Waals surface area (Å²) in [6, 6.07) is 6.97. The van der Waals surface area contributed by atoms with Crippen molar-refractivity contribution < 1.29 is 23.5 Å². The maximum Gasteiger partial charge on any atom is 0.275 e. The van der Waals surface area contributed by atoms with E-state index in [0.717, 1.165) is 0 Å². The Hall–Kier alpha value is -3.80. The van der Waals surface area contributed by atoms with Gasteiger partial charge >= 0.3 is 0 Å². The predicted octanol–water partition coefficient (Wildman–Crippen LogP) is 1.88. The summed E-state index contributed by atoms with van der Waals surface area (Å²) < 4.78 is 28.8. The number of ether oxygens (including phenoxy) is 4. The number of nitrogens with zero attached hydrogens (tertiary/aromatic N) is 7. The molecular weight excluding hydrogens is 418 g/mol. The van der Waals surface area contributed by atoms with Gasteiger partial charge in [-0.25, -0.2) is 0 Å². The molecule has 0 atom stereocenters. The summed E-state index contributed by atoms with van der Waals surface area (Å²) in [5.74, 6) is 2.20. The molecule has 0 saturated carbocycles. The minimum atomic E-state index is 0.0377. The van der Waals surface area contributed by atoms with Crippen LogP contribution in [0.5, 0.6) is 17.5 Å². The van der Waals surface area contributed by atoms with E-state index >= 15 is 0 Å². The molecule has 0 spiro atoms. The van der Waals surface area contributed by atoms with E-state index in [1.807, 2.05) is 0 Å². The first-order chi connectivity index (χ1) is 15.5. The second-order valence-corrected chi connectivity index (χ2v) is 7.88. The van der Waals surface area contributed by atoms with Crippen LogP contribution in [-0.2, 0) is 11.3 Å². The van der Waals surface area contributed by atoms with Gasteiger partial charge in [0.2, 0.25) is 11.7 Å². The highest BCUT2D eigenvalue weighted by Crippen LogP contribution is 2.29. The highest BCUT2D eigenvalue weighted by Gasteiger charge is 2.34. The van der Waals surface area contributed by atoms with Crippen molar-refractivity contribution in [1.29, 1.82) is 0 Å². The van der Waals surface area contributed by atoms with E-state index in [2.05, 4.69) is 37.6 Å². The number of methoxy groups -OCH3 is 1. The Morgan fingerprint density at radius 1 is 1.09 bits per heavy atom. The molecule has 4 aromatic rings. The molecule has 32 heavy (non-hydrogen) atoms. The fraction of sp³-hybridized carbons (Fsp3) is 0.400. The summed E-state index contributed by atoms with van der Waals surface area (Å²) in [6.45, 7) is 5.95. The second-order valence-electron chi connectivity index (χ2n) is 7.88. The van der Waals surface area contributed by atoms with Gasteiger partial charge in [-0.2, -0.15) is 4.52 Å². The van der Waals surface area contributed by atoms with Crippen molar-refractivity contribution in [2.45, 2.75) is 20.5 Å². The van der Waals surface area contributed by atoms with E-state index in [1.54, 1.807) is 31.2 Å². The van der Waals surface area contributed by atoms with Crippen molar-refractivity contribution in [3.63, 3.8) is 0 Å². The molecule has 12 heteroatoms. The lowest BCUT2D eigenvalue weighted by molar-refractivity contribution is -0.120. The molecule has 12 nitrogen and oxygen atoms in total.